The Kier molecular flexibility index (Phi) is 3.50. The number of carboxylic acid groups (broad SMARTS) is 1. The summed E-state index contributed by atoms with van der Waals surface area (Å²) in [6.07, 6.45) is 2.66. The first kappa shape index (κ1) is 12.9. The van der Waals surface area contributed by atoms with Gasteiger partial charge in [-0.15, -0.1) is 0 Å². The number of halogens is 1. The summed E-state index contributed by atoms with van der Waals surface area (Å²) in [4.78, 5) is 11.0. The molecular weight excluding hydrogens is 310 g/mol. The lowest BCUT2D eigenvalue weighted by atomic mass is 9.79. The quantitative estimate of drug-likeness (QED) is 0.892. The minimum absolute atomic E-state index is 0.0912. The van der Waals surface area contributed by atoms with Crippen LogP contribution < -0.4 is 10.1 Å². The molecule has 1 heterocycles. The van der Waals surface area contributed by atoms with Gasteiger partial charge in [-0.1, -0.05) is 15.9 Å². The van der Waals surface area contributed by atoms with E-state index in [1.165, 1.54) is 5.56 Å². The maximum absolute atomic E-state index is 11.0. The van der Waals surface area contributed by atoms with Crippen LogP contribution in [-0.4, -0.2) is 23.7 Å². The summed E-state index contributed by atoms with van der Waals surface area (Å²) >= 11 is 3.51. The Morgan fingerprint density at radius 2 is 2.32 bits per heavy atom. The average molecular weight is 326 g/mol. The molecule has 2 unspecified atom stereocenters. The highest BCUT2D eigenvalue weighted by Gasteiger charge is 2.36. The molecule has 0 amide bonds. The van der Waals surface area contributed by atoms with Crippen molar-refractivity contribution in [2.45, 2.75) is 31.8 Å². The Morgan fingerprint density at radius 3 is 3.00 bits per heavy atom. The van der Waals surface area contributed by atoms with Crippen molar-refractivity contribution in [1.82, 2.24) is 5.32 Å². The number of carbonyl (C=O) groups is 1. The van der Waals surface area contributed by atoms with Crippen molar-refractivity contribution >= 4 is 21.9 Å². The number of rotatable bonds is 4. The molecule has 0 radical (unpaired) electrons. The minimum Gasteiger partial charge on any atom is -0.493 e. The summed E-state index contributed by atoms with van der Waals surface area (Å²) in [6, 6.07) is 4.23. The highest BCUT2D eigenvalue weighted by molar-refractivity contribution is 9.10. The second-order valence-corrected chi connectivity index (χ2v) is 6.08. The number of carboxylic acids is 1. The van der Waals surface area contributed by atoms with Gasteiger partial charge < -0.3 is 15.2 Å². The van der Waals surface area contributed by atoms with Crippen LogP contribution in [-0.2, 0) is 17.8 Å². The molecule has 5 heteroatoms. The van der Waals surface area contributed by atoms with Crippen molar-refractivity contribution in [3.8, 4) is 5.75 Å². The van der Waals surface area contributed by atoms with E-state index >= 15 is 0 Å². The molecule has 102 valence electrons. The summed E-state index contributed by atoms with van der Waals surface area (Å²) in [5.41, 5.74) is 2.34. The molecule has 1 saturated carbocycles. The molecule has 2 aliphatic rings. The lowest BCUT2D eigenvalue weighted by molar-refractivity contribution is -0.146. The second kappa shape index (κ2) is 5.13. The number of hydrogen-bond donors (Lipinski definition) is 2. The van der Waals surface area contributed by atoms with Gasteiger partial charge in [0.15, 0.2) is 0 Å². The van der Waals surface area contributed by atoms with E-state index in [1.54, 1.807) is 0 Å². The van der Waals surface area contributed by atoms with Crippen LogP contribution >= 0.6 is 15.9 Å². The number of fused-ring (bicyclic) bond motifs is 1. The predicted octanol–water partition coefficient (Wildman–Crippen LogP) is 2.34. The van der Waals surface area contributed by atoms with Crippen LogP contribution in [0.25, 0.3) is 0 Å². The summed E-state index contributed by atoms with van der Waals surface area (Å²) in [7, 11) is 0. The van der Waals surface area contributed by atoms with E-state index in [1.807, 2.05) is 6.07 Å². The smallest absolute Gasteiger partial charge is 0.308 e. The van der Waals surface area contributed by atoms with Gasteiger partial charge in [0.05, 0.1) is 12.5 Å². The van der Waals surface area contributed by atoms with Crippen molar-refractivity contribution in [3.63, 3.8) is 0 Å². The molecule has 3 rings (SSSR count). The normalized spacial score (nSPS) is 24.5. The van der Waals surface area contributed by atoms with E-state index in [-0.39, 0.29) is 12.0 Å². The van der Waals surface area contributed by atoms with Gasteiger partial charge in [0.25, 0.3) is 0 Å². The van der Waals surface area contributed by atoms with Gasteiger partial charge in [0.2, 0.25) is 0 Å². The van der Waals surface area contributed by atoms with E-state index in [9.17, 15) is 4.79 Å². The van der Waals surface area contributed by atoms with Crippen LogP contribution in [0, 0.1) is 5.92 Å². The van der Waals surface area contributed by atoms with Crippen LogP contribution in [0.15, 0.2) is 16.6 Å². The largest absolute Gasteiger partial charge is 0.493 e. The first-order valence-electron chi connectivity index (χ1n) is 6.55. The van der Waals surface area contributed by atoms with E-state index < -0.39 is 5.97 Å². The number of benzene rings is 1. The predicted molar refractivity (Wildman–Crippen MR) is 74.3 cm³/mol. The molecule has 0 spiro atoms. The molecular formula is C14H16BrNO3. The van der Waals surface area contributed by atoms with Crippen LogP contribution in [0.3, 0.4) is 0 Å². The topological polar surface area (TPSA) is 58.6 Å². The first-order chi connectivity index (χ1) is 9.15. The molecule has 1 aliphatic heterocycles. The summed E-state index contributed by atoms with van der Waals surface area (Å²) in [6.45, 7) is 1.40. The molecule has 1 fully saturated rings. The van der Waals surface area contributed by atoms with Crippen molar-refractivity contribution in [2.24, 2.45) is 5.92 Å². The zero-order valence-corrected chi connectivity index (χ0v) is 12.1. The molecule has 19 heavy (non-hydrogen) atoms. The number of aliphatic carboxylic acids is 1. The highest BCUT2D eigenvalue weighted by Crippen LogP contribution is 2.34. The molecule has 1 aromatic rings. The first-order valence-corrected chi connectivity index (χ1v) is 7.35. The van der Waals surface area contributed by atoms with Gasteiger partial charge in [-0.2, -0.15) is 0 Å². The van der Waals surface area contributed by atoms with E-state index in [4.69, 9.17) is 9.84 Å². The number of hydrogen-bond acceptors (Lipinski definition) is 3. The third-order valence-electron chi connectivity index (χ3n) is 3.97. The lowest BCUT2D eigenvalue weighted by Gasteiger charge is -2.34. The Balaban J connectivity index is 1.69. The summed E-state index contributed by atoms with van der Waals surface area (Å²) in [5.74, 6) is 0.0440. The van der Waals surface area contributed by atoms with Crippen molar-refractivity contribution in [2.75, 3.05) is 6.61 Å². The van der Waals surface area contributed by atoms with Gasteiger partial charge in [0.1, 0.15) is 5.75 Å². The molecule has 1 aliphatic carbocycles. The highest BCUT2D eigenvalue weighted by atomic mass is 79.9. The Bertz CT molecular complexity index is 518. The monoisotopic (exact) mass is 325 g/mol. The van der Waals surface area contributed by atoms with Crippen molar-refractivity contribution in [3.05, 3.63) is 27.7 Å². The number of nitrogens with one attached hydrogen (secondary N) is 1. The third kappa shape index (κ3) is 2.49. The Labute approximate surface area is 120 Å². The van der Waals surface area contributed by atoms with Crippen LogP contribution in [0.5, 0.6) is 5.75 Å². The van der Waals surface area contributed by atoms with Gasteiger partial charge >= 0.3 is 5.97 Å². The van der Waals surface area contributed by atoms with Crippen LogP contribution in [0.4, 0.5) is 0 Å². The van der Waals surface area contributed by atoms with Crippen LogP contribution in [0.2, 0.25) is 0 Å². The van der Waals surface area contributed by atoms with Crippen LogP contribution in [0.1, 0.15) is 24.0 Å². The van der Waals surface area contributed by atoms with E-state index in [2.05, 4.69) is 27.3 Å². The zero-order valence-electron chi connectivity index (χ0n) is 10.5. The SMILES string of the molecule is O=C(O)C1CCC1NCc1cc(Br)cc2c1OCC2. The Hall–Kier alpha value is -1.07. The maximum atomic E-state index is 11.0. The standard InChI is InChI=1S/C14H16BrNO3/c15-10-5-8-3-4-19-13(8)9(6-10)7-16-12-2-1-11(12)14(17)18/h5-6,11-12,16H,1-4,7H2,(H,17,18). The number of ether oxygens (including phenoxy) is 1. The van der Waals surface area contributed by atoms with Gasteiger partial charge in [-0.25, -0.2) is 0 Å². The van der Waals surface area contributed by atoms with Crippen molar-refractivity contribution < 1.29 is 14.6 Å². The molecule has 0 bridgehead atoms. The van der Waals surface area contributed by atoms with Crippen molar-refractivity contribution in [1.29, 1.82) is 0 Å². The molecule has 0 saturated heterocycles. The summed E-state index contributed by atoms with van der Waals surface area (Å²) in [5, 5.41) is 12.4. The fraction of sp³-hybridized carbons (Fsp3) is 0.500. The van der Waals surface area contributed by atoms with Gasteiger partial charge in [-0.05, 0) is 30.5 Å². The molecule has 2 atom stereocenters. The lowest BCUT2D eigenvalue weighted by Crippen LogP contribution is -2.47. The third-order valence-corrected chi connectivity index (χ3v) is 4.43. The van der Waals surface area contributed by atoms with E-state index in [0.29, 0.717) is 6.54 Å². The minimum atomic E-state index is -0.695. The second-order valence-electron chi connectivity index (χ2n) is 5.16. The zero-order chi connectivity index (χ0) is 13.4. The summed E-state index contributed by atoms with van der Waals surface area (Å²) < 4.78 is 6.72. The average Bonchev–Trinajstić information content (AvgIpc) is 2.74. The molecule has 0 aromatic heterocycles. The van der Waals surface area contributed by atoms with Gasteiger partial charge in [-0.3, -0.25) is 4.79 Å². The van der Waals surface area contributed by atoms with E-state index in [0.717, 1.165) is 41.7 Å². The Morgan fingerprint density at radius 1 is 1.47 bits per heavy atom. The molecule has 4 nitrogen and oxygen atoms in total. The fourth-order valence-electron chi connectivity index (χ4n) is 2.76. The maximum Gasteiger partial charge on any atom is 0.308 e. The molecule has 2 N–H and O–H groups in total. The van der Waals surface area contributed by atoms with Gasteiger partial charge in [0, 0.05) is 29.0 Å². The fourth-order valence-corrected chi connectivity index (χ4v) is 3.31. The molecule has 1 aromatic carbocycles.